The van der Waals surface area contributed by atoms with Crippen LogP contribution in [0.3, 0.4) is 0 Å². The van der Waals surface area contributed by atoms with Crippen molar-refractivity contribution in [2.45, 2.75) is 19.4 Å². The first-order valence-corrected chi connectivity index (χ1v) is 5.46. The van der Waals surface area contributed by atoms with E-state index in [-0.39, 0.29) is 23.6 Å². The molecule has 0 bridgehead atoms. The van der Waals surface area contributed by atoms with E-state index in [1.165, 1.54) is 6.20 Å². The van der Waals surface area contributed by atoms with Gasteiger partial charge in [0.2, 0.25) is 0 Å². The lowest BCUT2D eigenvalue weighted by molar-refractivity contribution is 0.716. The lowest BCUT2D eigenvalue weighted by Gasteiger charge is -2.15. The molecule has 0 amide bonds. The molecule has 0 aromatic carbocycles. The molecule has 0 aliphatic carbocycles. The Morgan fingerprint density at radius 2 is 2.06 bits per heavy atom. The Morgan fingerprint density at radius 3 is 2.56 bits per heavy atom. The molecule has 16 heavy (non-hydrogen) atoms. The predicted molar refractivity (Wildman–Crippen MR) is 72.9 cm³/mol. The molecular weight excluding hydrogens is 290 g/mol. The van der Waals surface area contributed by atoms with Gasteiger partial charge < -0.3 is 5.73 Å². The minimum Gasteiger partial charge on any atom is -0.324 e. The third-order valence-corrected chi connectivity index (χ3v) is 2.97. The van der Waals surface area contributed by atoms with Gasteiger partial charge in [-0.25, -0.2) is 4.98 Å². The number of halogens is 4. The molecule has 0 fully saturated rings. The summed E-state index contributed by atoms with van der Waals surface area (Å²) < 4.78 is 0. The van der Waals surface area contributed by atoms with Gasteiger partial charge in [-0.15, -0.1) is 19.0 Å². The highest BCUT2D eigenvalue weighted by atomic mass is 35.5. The highest BCUT2D eigenvalue weighted by molar-refractivity contribution is 6.43. The quantitative estimate of drug-likeness (QED) is 0.662. The third-order valence-electron chi connectivity index (χ3n) is 1.91. The molecule has 0 aliphatic rings. The standard InChI is InChI=1S/C10H11Cl3N2.ClH/c1-5(2)3-7(14)8-6(11)4-15-10(13)9(8)12;/h4,7H,1,3,14H2,2H3;1H/t7-;/m0./s1. The second kappa shape index (κ2) is 6.67. The summed E-state index contributed by atoms with van der Waals surface area (Å²) >= 11 is 17.7. The van der Waals surface area contributed by atoms with Gasteiger partial charge in [0.15, 0.2) is 0 Å². The van der Waals surface area contributed by atoms with Crippen molar-refractivity contribution in [2.75, 3.05) is 0 Å². The fourth-order valence-corrected chi connectivity index (χ4v) is 2.05. The summed E-state index contributed by atoms with van der Waals surface area (Å²) in [6.45, 7) is 5.68. The lowest BCUT2D eigenvalue weighted by Crippen LogP contribution is -2.12. The van der Waals surface area contributed by atoms with Crippen LogP contribution in [0, 0.1) is 0 Å². The monoisotopic (exact) mass is 300 g/mol. The molecular formula is C10H12Cl4N2. The van der Waals surface area contributed by atoms with Crippen LogP contribution < -0.4 is 5.73 Å². The molecule has 6 heteroatoms. The summed E-state index contributed by atoms with van der Waals surface area (Å²) in [6.07, 6.45) is 2.06. The van der Waals surface area contributed by atoms with Crippen molar-refractivity contribution >= 4 is 47.2 Å². The molecule has 0 radical (unpaired) electrons. The summed E-state index contributed by atoms with van der Waals surface area (Å²) in [5.74, 6) is 0. The van der Waals surface area contributed by atoms with Crippen LogP contribution >= 0.6 is 47.2 Å². The second-order valence-electron chi connectivity index (χ2n) is 3.39. The van der Waals surface area contributed by atoms with Crippen LogP contribution in [0.15, 0.2) is 18.3 Å². The van der Waals surface area contributed by atoms with Gasteiger partial charge in [0.25, 0.3) is 0 Å². The second-order valence-corrected chi connectivity index (χ2v) is 4.54. The van der Waals surface area contributed by atoms with E-state index in [9.17, 15) is 0 Å². The fraction of sp³-hybridized carbons (Fsp3) is 0.300. The van der Waals surface area contributed by atoms with Gasteiger partial charge in [-0.05, 0) is 13.3 Å². The van der Waals surface area contributed by atoms with Crippen molar-refractivity contribution in [3.8, 4) is 0 Å². The van der Waals surface area contributed by atoms with Gasteiger partial charge in [-0.1, -0.05) is 40.4 Å². The van der Waals surface area contributed by atoms with E-state index in [0.29, 0.717) is 22.0 Å². The normalized spacial score (nSPS) is 11.8. The minimum atomic E-state index is -0.303. The van der Waals surface area contributed by atoms with Crippen LogP contribution in [-0.4, -0.2) is 4.98 Å². The lowest BCUT2D eigenvalue weighted by atomic mass is 10.0. The van der Waals surface area contributed by atoms with Gasteiger partial charge in [0, 0.05) is 17.8 Å². The Bertz CT molecular complexity index is 393. The van der Waals surface area contributed by atoms with Gasteiger partial charge >= 0.3 is 0 Å². The molecule has 0 aliphatic heterocycles. The van der Waals surface area contributed by atoms with E-state index in [4.69, 9.17) is 40.5 Å². The van der Waals surface area contributed by atoms with E-state index in [1.54, 1.807) is 0 Å². The van der Waals surface area contributed by atoms with Crippen LogP contribution in [0.25, 0.3) is 0 Å². The van der Waals surface area contributed by atoms with E-state index < -0.39 is 0 Å². The van der Waals surface area contributed by atoms with Gasteiger partial charge in [0.05, 0.1) is 10.0 Å². The summed E-state index contributed by atoms with van der Waals surface area (Å²) in [7, 11) is 0. The molecule has 1 aromatic heterocycles. The minimum absolute atomic E-state index is 0. The van der Waals surface area contributed by atoms with E-state index >= 15 is 0 Å². The smallest absolute Gasteiger partial charge is 0.148 e. The number of nitrogens with zero attached hydrogens (tertiary/aromatic N) is 1. The van der Waals surface area contributed by atoms with Crippen molar-refractivity contribution in [3.63, 3.8) is 0 Å². The average Bonchev–Trinajstić information content (AvgIpc) is 2.11. The number of hydrogen-bond acceptors (Lipinski definition) is 2. The van der Waals surface area contributed by atoms with Crippen molar-refractivity contribution < 1.29 is 0 Å². The largest absolute Gasteiger partial charge is 0.324 e. The van der Waals surface area contributed by atoms with Gasteiger partial charge in [0.1, 0.15) is 5.15 Å². The first kappa shape index (κ1) is 16.0. The number of pyridine rings is 1. The topological polar surface area (TPSA) is 38.9 Å². The van der Waals surface area contributed by atoms with Crippen LogP contribution in [0.4, 0.5) is 0 Å². The summed E-state index contributed by atoms with van der Waals surface area (Å²) in [4.78, 5) is 3.82. The molecule has 1 rings (SSSR count). The summed E-state index contributed by atoms with van der Waals surface area (Å²) in [5, 5.41) is 0.962. The molecule has 2 N–H and O–H groups in total. The number of rotatable bonds is 3. The van der Waals surface area contributed by atoms with Crippen LogP contribution in [0.2, 0.25) is 15.2 Å². The van der Waals surface area contributed by atoms with Crippen LogP contribution in [0.5, 0.6) is 0 Å². The Morgan fingerprint density at radius 1 is 1.50 bits per heavy atom. The predicted octanol–water partition coefficient (Wildman–Crippen LogP) is 4.43. The maximum atomic E-state index is 5.99. The molecule has 1 aromatic rings. The van der Waals surface area contributed by atoms with E-state index in [2.05, 4.69) is 11.6 Å². The van der Waals surface area contributed by atoms with Crippen molar-refractivity contribution in [1.82, 2.24) is 4.98 Å². The molecule has 90 valence electrons. The zero-order valence-electron chi connectivity index (χ0n) is 8.64. The molecule has 0 saturated heterocycles. The molecule has 0 saturated carbocycles. The Kier molecular flexibility index (Phi) is 6.68. The SMILES string of the molecule is C=C(C)C[C@H](N)c1c(Cl)cnc(Cl)c1Cl.Cl. The fourth-order valence-electron chi connectivity index (χ4n) is 1.27. The van der Waals surface area contributed by atoms with Crippen molar-refractivity contribution in [2.24, 2.45) is 5.73 Å². The zero-order valence-corrected chi connectivity index (χ0v) is 11.7. The maximum Gasteiger partial charge on any atom is 0.148 e. The van der Waals surface area contributed by atoms with Crippen molar-refractivity contribution in [1.29, 1.82) is 0 Å². The molecule has 2 nitrogen and oxygen atoms in total. The van der Waals surface area contributed by atoms with Crippen LogP contribution in [-0.2, 0) is 0 Å². The van der Waals surface area contributed by atoms with Crippen molar-refractivity contribution in [3.05, 3.63) is 39.1 Å². The van der Waals surface area contributed by atoms with Gasteiger partial charge in [-0.2, -0.15) is 0 Å². The van der Waals surface area contributed by atoms with E-state index in [1.807, 2.05) is 6.92 Å². The van der Waals surface area contributed by atoms with E-state index in [0.717, 1.165) is 5.57 Å². The maximum absolute atomic E-state index is 5.99. The molecule has 1 heterocycles. The average molecular weight is 302 g/mol. The number of nitrogens with two attached hydrogens (primary N) is 1. The number of aromatic nitrogens is 1. The Balaban J connectivity index is 0.00000225. The first-order chi connectivity index (χ1) is 6.93. The zero-order chi connectivity index (χ0) is 11.6. The molecule has 1 atom stereocenters. The highest BCUT2D eigenvalue weighted by Gasteiger charge is 2.17. The third kappa shape index (κ3) is 3.79. The first-order valence-electron chi connectivity index (χ1n) is 4.32. The van der Waals surface area contributed by atoms with Crippen LogP contribution in [0.1, 0.15) is 24.9 Å². The highest BCUT2D eigenvalue weighted by Crippen LogP contribution is 2.34. The van der Waals surface area contributed by atoms with Gasteiger partial charge in [-0.3, -0.25) is 0 Å². The Labute approximate surface area is 116 Å². The number of hydrogen-bond donors (Lipinski definition) is 1. The molecule has 0 unspecified atom stereocenters. The summed E-state index contributed by atoms with van der Waals surface area (Å²) in [6, 6.07) is -0.303. The summed E-state index contributed by atoms with van der Waals surface area (Å²) in [5.41, 5.74) is 7.54. The Hall–Kier alpha value is 0.01000. The molecule has 0 spiro atoms.